The van der Waals surface area contributed by atoms with Gasteiger partial charge in [0.25, 0.3) is 0 Å². The van der Waals surface area contributed by atoms with Crippen molar-refractivity contribution in [2.75, 3.05) is 44.6 Å². The molecule has 0 unspecified atom stereocenters. The maximum Gasteiger partial charge on any atom is 0.195 e. The van der Waals surface area contributed by atoms with Crippen molar-refractivity contribution >= 4 is 22.5 Å². The van der Waals surface area contributed by atoms with Gasteiger partial charge in [0.1, 0.15) is 17.6 Å². The van der Waals surface area contributed by atoms with Gasteiger partial charge in [-0.3, -0.25) is 4.90 Å². The minimum Gasteiger partial charge on any atom is -0.451 e. The first-order valence-electron chi connectivity index (χ1n) is 12.7. The topological polar surface area (TPSA) is 57.4 Å². The molecule has 0 atom stereocenters. The van der Waals surface area contributed by atoms with Crippen molar-refractivity contribution in [3.63, 3.8) is 0 Å². The Morgan fingerprint density at radius 3 is 2.53 bits per heavy atom. The number of nitrogens with one attached hydrogen (secondary N) is 1. The van der Waals surface area contributed by atoms with Gasteiger partial charge >= 0.3 is 0 Å². The number of furan rings is 1. The first-order valence-corrected chi connectivity index (χ1v) is 12.7. The fraction of sp³-hybridized carbons (Fsp3) is 0.429. The molecule has 2 aliphatic carbocycles. The summed E-state index contributed by atoms with van der Waals surface area (Å²) in [5.74, 6) is 2.65. The van der Waals surface area contributed by atoms with Crippen molar-refractivity contribution in [3.05, 3.63) is 71.8 Å². The molecule has 1 aliphatic heterocycles. The lowest BCUT2D eigenvalue weighted by Gasteiger charge is -2.35. The lowest BCUT2D eigenvalue weighted by Crippen LogP contribution is -2.47. The van der Waals surface area contributed by atoms with Gasteiger partial charge < -0.3 is 14.6 Å². The third-order valence-electron chi connectivity index (χ3n) is 7.27. The summed E-state index contributed by atoms with van der Waals surface area (Å²) in [6.07, 6.45) is 11.2. The number of fused-ring (bicyclic) bond motifs is 1. The largest absolute Gasteiger partial charge is 0.451 e. The number of benzene rings is 1. The van der Waals surface area contributed by atoms with E-state index in [0.717, 1.165) is 48.0 Å². The molecule has 6 nitrogen and oxygen atoms in total. The van der Waals surface area contributed by atoms with Crippen LogP contribution < -0.4 is 5.32 Å². The lowest BCUT2D eigenvalue weighted by atomic mass is 9.96. The van der Waals surface area contributed by atoms with Crippen molar-refractivity contribution in [2.24, 2.45) is 5.92 Å². The lowest BCUT2D eigenvalue weighted by molar-refractivity contribution is 0.135. The van der Waals surface area contributed by atoms with Crippen LogP contribution in [-0.4, -0.2) is 59.0 Å². The zero-order valence-corrected chi connectivity index (χ0v) is 19.7. The first-order chi connectivity index (χ1) is 16.8. The van der Waals surface area contributed by atoms with E-state index in [1.807, 2.05) is 18.2 Å². The Labute approximate surface area is 201 Å². The maximum absolute atomic E-state index is 6.26. The Morgan fingerprint density at radius 2 is 1.76 bits per heavy atom. The molecule has 0 amide bonds. The Balaban J connectivity index is 1.09. The molecule has 2 fully saturated rings. The summed E-state index contributed by atoms with van der Waals surface area (Å²) in [6.45, 7) is 7.97. The van der Waals surface area contributed by atoms with Crippen LogP contribution in [0.3, 0.4) is 0 Å². The molecule has 2 aromatic heterocycles. The highest BCUT2D eigenvalue weighted by molar-refractivity contribution is 5.86. The average molecular weight is 456 g/mol. The predicted molar refractivity (Wildman–Crippen MR) is 136 cm³/mol. The summed E-state index contributed by atoms with van der Waals surface area (Å²) in [5, 5.41) is 3.40. The number of piperazine rings is 1. The van der Waals surface area contributed by atoms with Crippen LogP contribution in [0.4, 0.5) is 5.82 Å². The number of allylic oxidation sites excluding steroid dienone is 3. The van der Waals surface area contributed by atoms with Crippen molar-refractivity contribution in [2.45, 2.75) is 32.2 Å². The van der Waals surface area contributed by atoms with Gasteiger partial charge in [0.15, 0.2) is 11.4 Å². The van der Waals surface area contributed by atoms with Crippen LogP contribution in [0.25, 0.3) is 16.7 Å². The van der Waals surface area contributed by atoms with Crippen molar-refractivity contribution in [1.82, 2.24) is 19.8 Å². The van der Waals surface area contributed by atoms with Gasteiger partial charge in [-0.1, -0.05) is 48.1 Å². The zero-order valence-electron chi connectivity index (χ0n) is 19.7. The fourth-order valence-corrected chi connectivity index (χ4v) is 5.02. The molecule has 176 valence electrons. The van der Waals surface area contributed by atoms with E-state index in [0.29, 0.717) is 6.54 Å². The normalized spacial score (nSPS) is 19.8. The van der Waals surface area contributed by atoms with E-state index in [1.165, 1.54) is 62.3 Å². The van der Waals surface area contributed by atoms with Crippen LogP contribution in [0.5, 0.6) is 0 Å². The second-order valence-electron chi connectivity index (χ2n) is 9.92. The Hall–Kier alpha value is -2.96. The molecule has 6 rings (SSSR count). The molecule has 3 aromatic rings. The highest BCUT2D eigenvalue weighted by atomic mass is 16.3. The van der Waals surface area contributed by atoms with E-state index in [1.54, 1.807) is 6.33 Å². The second kappa shape index (κ2) is 9.72. The highest BCUT2D eigenvalue weighted by Gasteiger charge is 2.26. The minimum absolute atomic E-state index is 0.701. The van der Waals surface area contributed by atoms with Gasteiger partial charge in [0.2, 0.25) is 0 Å². The summed E-state index contributed by atoms with van der Waals surface area (Å²) in [5.41, 5.74) is 5.55. The molecule has 0 bridgehead atoms. The van der Waals surface area contributed by atoms with Crippen molar-refractivity contribution in [1.29, 1.82) is 0 Å². The smallest absolute Gasteiger partial charge is 0.195 e. The molecular formula is C28H33N5O. The van der Waals surface area contributed by atoms with E-state index in [4.69, 9.17) is 4.42 Å². The number of aromatic nitrogens is 2. The summed E-state index contributed by atoms with van der Waals surface area (Å²) < 4.78 is 6.26. The maximum atomic E-state index is 6.26. The number of hydrogen-bond acceptors (Lipinski definition) is 6. The van der Waals surface area contributed by atoms with E-state index in [2.05, 4.69) is 55.4 Å². The molecule has 3 aliphatic rings. The van der Waals surface area contributed by atoms with Gasteiger partial charge in [-0.15, -0.1) is 0 Å². The van der Waals surface area contributed by atoms with Crippen LogP contribution in [0.1, 0.15) is 37.0 Å². The molecule has 0 radical (unpaired) electrons. The predicted octanol–water partition coefficient (Wildman–Crippen LogP) is 4.97. The van der Waals surface area contributed by atoms with E-state index >= 15 is 0 Å². The average Bonchev–Trinajstić information content (AvgIpc) is 3.59. The van der Waals surface area contributed by atoms with E-state index in [-0.39, 0.29) is 0 Å². The van der Waals surface area contributed by atoms with Gasteiger partial charge in [-0.05, 0) is 42.7 Å². The van der Waals surface area contributed by atoms with Gasteiger partial charge in [-0.25, -0.2) is 9.97 Å². The summed E-state index contributed by atoms with van der Waals surface area (Å²) >= 11 is 0. The third kappa shape index (κ3) is 5.08. The van der Waals surface area contributed by atoms with Gasteiger partial charge in [-0.2, -0.15) is 0 Å². The van der Waals surface area contributed by atoms with Crippen LogP contribution in [0, 0.1) is 5.92 Å². The molecule has 34 heavy (non-hydrogen) atoms. The Morgan fingerprint density at radius 1 is 0.941 bits per heavy atom. The standard InChI is InChI=1S/C28H33N5O/c1-2-4-21(5-3-1)17-29-28-27-25(30-20-31-28)16-26(34-27)24-10-8-23(9-11-24)19-33-14-12-32(13-15-33)18-22-6-7-22/h1-5,8,10,16,20,22H,6-7,9,11-15,17-19H2,(H,29,30,31). The molecule has 1 saturated carbocycles. The number of anilines is 1. The monoisotopic (exact) mass is 455 g/mol. The van der Waals surface area contributed by atoms with Crippen LogP contribution in [-0.2, 0) is 6.54 Å². The van der Waals surface area contributed by atoms with E-state index < -0.39 is 0 Å². The van der Waals surface area contributed by atoms with Gasteiger partial charge in [0.05, 0.1) is 0 Å². The molecule has 0 spiro atoms. The van der Waals surface area contributed by atoms with Gasteiger partial charge in [0, 0.05) is 51.9 Å². The molecular weight excluding hydrogens is 422 g/mol. The van der Waals surface area contributed by atoms with E-state index in [9.17, 15) is 0 Å². The Kier molecular flexibility index (Phi) is 6.17. The highest BCUT2D eigenvalue weighted by Crippen LogP contribution is 2.33. The molecule has 1 N–H and O–H groups in total. The first kappa shape index (κ1) is 21.6. The molecule has 6 heteroatoms. The van der Waals surface area contributed by atoms with Crippen LogP contribution >= 0.6 is 0 Å². The Bertz CT molecular complexity index is 1190. The number of nitrogens with zero attached hydrogens (tertiary/aromatic N) is 4. The number of hydrogen-bond donors (Lipinski definition) is 1. The molecule has 3 heterocycles. The summed E-state index contributed by atoms with van der Waals surface area (Å²) in [4.78, 5) is 14.1. The zero-order chi connectivity index (χ0) is 22.7. The van der Waals surface area contributed by atoms with Crippen molar-refractivity contribution in [3.8, 4) is 0 Å². The fourth-order valence-electron chi connectivity index (χ4n) is 5.02. The molecule has 1 saturated heterocycles. The quantitative estimate of drug-likeness (QED) is 0.518. The second-order valence-corrected chi connectivity index (χ2v) is 9.92. The molecule has 1 aromatic carbocycles. The SMILES string of the molecule is C1=C(CN2CCN(CC3CC3)CC2)CCC(c2cc3ncnc(NCc4ccccc4)c3o2)=C1. The number of rotatable bonds is 8. The summed E-state index contributed by atoms with van der Waals surface area (Å²) in [7, 11) is 0. The van der Waals surface area contributed by atoms with Crippen molar-refractivity contribution < 1.29 is 4.42 Å². The third-order valence-corrected chi connectivity index (χ3v) is 7.27. The summed E-state index contributed by atoms with van der Waals surface area (Å²) in [6, 6.07) is 12.4. The minimum atomic E-state index is 0.701. The van der Waals surface area contributed by atoms with Crippen LogP contribution in [0.15, 0.2) is 64.9 Å². The van der Waals surface area contributed by atoms with Crippen LogP contribution in [0.2, 0.25) is 0 Å².